The molecule has 0 aliphatic rings. The number of thiocyanates is 1. The molecule has 7 heteroatoms. The first kappa shape index (κ1) is 16.5. The average molecular weight is 312 g/mol. The Labute approximate surface area is 126 Å². The van der Waals surface area contributed by atoms with E-state index in [2.05, 4.69) is 5.32 Å². The smallest absolute Gasteiger partial charge is 0.348 e. The minimum absolute atomic E-state index is 0.151. The summed E-state index contributed by atoms with van der Waals surface area (Å²) in [6.07, 6.45) is 0. The highest BCUT2D eigenvalue weighted by Crippen LogP contribution is 2.40. The molecule has 0 aliphatic carbocycles. The highest BCUT2D eigenvalue weighted by atomic mass is 32.2. The number of ether oxygens (including phenoxy) is 1. The predicted molar refractivity (Wildman–Crippen MR) is 80.0 cm³/mol. The van der Waals surface area contributed by atoms with Crippen molar-refractivity contribution in [1.29, 1.82) is 5.26 Å². The highest BCUT2D eigenvalue weighted by Gasteiger charge is 2.23. The number of nitrogens with zero attached hydrogens (tertiary/aromatic N) is 1. The molecule has 0 atom stereocenters. The van der Waals surface area contributed by atoms with Crippen LogP contribution >= 0.6 is 23.1 Å². The van der Waals surface area contributed by atoms with Gasteiger partial charge in [0.05, 0.1) is 11.5 Å². The molecule has 0 saturated heterocycles. The second-order valence-electron chi connectivity index (χ2n) is 4.27. The van der Waals surface area contributed by atoms with Crippen LogP contribution in [0.4, 0.5) is 5.00 Å². The molecule has 1 N–H and O–H groups in total. The Hall–Kier alpha value is -1.52. The standard InChI is InChI=1S/C13H16N2O3S2/c1-5-18-13(17)10-8(4)9(19-6-14)12(20-10)15-11(16)7(2)3/h7H,5H2,1-4H3,(H,15,16). The van der Waals surface area contributed by atoms with Gasteiger partial charge in [-0.3, -0.25) is 4.79 Å². The number of carbonyl (C=O) groups excluding carboxylic acids is 2. The average Bonchev–Trinajstić information content (AvgIpc) is 2.68. The number of hydrogen-bond acceptors (Lipinski definition) is 6. The summed E-state index contributed by atoms with van der Waals surface area (Å²) < 4.78 is 4.97. The van der Waals surface area contributed by atoms with E-state index in [1.54, 1.807) is 27.7 Å². The zero-order chi connectivity index (χ0) is 15.3. The third-order valence-electron chi connectivity index (χ3n) is 2.46. The van der Waals surface area contributed by atoms with Crippen molar-refractivity contribution in [1.82, 2.24) is 0 Å². The van der Waals surface area contributed by atoms with Crippen molar-refractivity contribution in [3.8, 4) is 5.40 Å². The molecule has 1 amide bonds. The molecule has 0 bridgehead atoms. The van der Waals surface area contributed by atoms with Gasteiger partial charge in [-0.2, -0.15) is 5.26 Å². The van der Waals surface area contributed by atoms with Crippen molar-refractivity contribution in [3.63, 3.8) is 0 Å². The topological polar surface area (TPSA) is 79.2 Å². The first-order valence-corrected chi connectivity index (χ1v) is 7.72. The Bertz CT molecular complexity index is 559. The number of nitrogens with one attached hydrogen (secondary N) is 1. The van der Waals surface area contributed by atoms with E-state index in [0.29, 0.717) is 20.3 Å². The molecule has 0 spiro atoms. The SMILES string of the molecule is CCOC(=O)c1sc(NC(=O)C(C)C)c(SC#N)c1C. The lowest BCUT2D eigenvalue weighted by molar-refractivity contribution is -0.118. The zero-order valence-corrected chi connectivity index (χ0v) is 13.4. The summed E-state index contributed by atoms with van der Waals surface area (Å²) >= 11 is 2.07. The van der Waals surface area contributed by atoms with Crippen LogP contribution in [0.25, 0.3) is 0 Å². The fourth-order valence-electron chi connectivity index (χ4n) is 1.40. The number of nitriles is 1. The van der Waals surface area contributed by atoms with E-state index in [0.717, 1.165) is 23.1 Å². The van der Waals surface area contributed by atoms with E-state index in [4.69, 9.17) is 10.00 Å². The van der Waals surface area contributed by atoms with Crippen LogP contribution in [-0.4, -0.2) is 18.5 Å². The third-order valence-corrected chi connectivity index (χ3v) is 4.58. The molecule has 108 valence electrons. The van der Waals surface area contributed by atoms with Crippen molar-refractivity contribution in [2.24, 2.45) is 5.92 Å². The van der Waals surface area contributed by atoms with Gasteiger partial charge in [0.25, 0.3) is 0 Å². The van der Waals surface area contributed by atoms with E-state index in [-0.39, 0.29) is 18.4 Å². The van der Waals surface area contributed by atoms with Crippen LogP contribution in [0.3, 0.4) is 0 Å². The quantitative estimate of drug-likeness (QED) is 0.512. The van der Waals surface area contributed by atoms with Gasteiger partial charge in [-0.15, -0.1) is 11.3 Å². The van der Waals surface area contributed by atoms with E-state index in [9.17, 15) is 9.59 Å². The number of thioether (sulfide) groups is 1. The van der Waals surface area contributed by atoms with Crippen molar-refractivity contribution in [2.45, 2.75) is 32.6 Å². The van der Waals surface area contributed by atoms with Crippen molar-refractivity contribution < 1.29 is 14.3 Å². The molecule has 0 fully saturated rings. The number of carbonyl (C=O) groups is 2. The Morgan fingerprint density at radius 2 is 2.15 bits per heavy atom. The first-order chi connectivity index (χ1) is 9.42. The fourth-order valence-corrected chi connectivity index (χ4v) is 3.20. The Kier molecular flexibility index (Phi) is 6.05. The fraction of sp³-hybridized carbons (Fsp3) is 0.462. The summed E-state index contributed by atoms with van der Waals surface area (Å²) in [7, 11) is 0. The maximum atomic E-state index is 11.8. The molecule has 0 unspecified atom stereocenters. The lowest BCUT2D eigenvalue weighted by atomic mass is 10.2. The van der Waals surface area contributed by atoms with Gasteiger partial charge in [-0.05, 0) is 31.2 Å². The molecule has 1 rings (SSSR count). The van der Waals surface area contributed by atoms with E-state index < -0.39 is 5.97 Å². The predicted octanol–water partition coefficient (Wildman–Crippen LogP) is 3.40. The number of esters is 1. The van der Waals surface area contributed by atoms with Gasteiger partial charge in [-0.1, -0.05) is 13.8 Å². The third kappa shape index (κ3) is 3.74. The minimum Gasteiger partial charge on any atom is -0.462 e. The molecular weight excluding hydrogens is 296 g/mol. The van der Waals surface area contributed by atoms with Crippen molar-refractivity contribution in [3.05, 3.63) is 10.4 Å². The molecule has 0 aliphatic heterocycles. The Morgan fingerprint density at radius 1 is 1.50 bits per heavy atom. The molecule has 0 radical (unpaired) electrons. The van der Waals surface area contributed by atoms with Gasteiger partial charge in [0.1, 0.15) is 15.3 Å². The van der Waals surface area contributed by atoms with E-state index >= 15 is 0 Å². The van der Waals surface area contributed by atoms with Gasteiger partial charge < -0.3 is 10.1 Å². The second-order valence-corrected chi connectivity index (χ2v) is 6.09. The largest absolute Gasteiger partial charge is 0.462 e. The number of rotatable bonds is 5. The second kappa shape index (κ2) is 7.31. The highest BCUT2D eigenvalue weighted by molar-refractivity contribution is 8.04. The summed E-state index contributed by atoms with van der Waals surface area (Å²) in [6.45, 7) is 7.31. The van der Waals surface area contributed by atoms with Gasteiger partial charge in [-0.25, -0.2) is 4.79 Å². The molecule has 20 heavy (non-hydrogen) atoms. The molecule has 1 aromatic rings. The number of amides is 1. The van der Waals surface area contributed by atoms with Gasteiger partial charge in [0.2, 0.25) is 5.91 Å². The monoisotopic (exact) mass is 312 g/mol. The maximum Gasteiger partial charge on any atom is 0.348 e. The number of anilines is 1. The maximum absolute atomic E-state index is 11.8. The van der Waals surface area contributed by atoms with Gasteiger partial charge >= 0.3 is 5.97 Å². The zero-order valence-electron chi connectivity index (χ0n) is 11.8. The van der Waals surface area contributed by atoms with Gasteiger partial charge in [0.15, 0.2) is 0 Å². The summed E-state index contributed by atoms with van der Waals surface area (Å²) in [5.41, 5.74) is 0.666. The molecule has 5 nitrogen and oxygen atoms in total. The van der Waals surface area contributed by atoms with Crippen molar-refractivity contribution in [2.75, 3.05) is 11.9 Å². The summed E-state index contributed by atoms with van der Waals surface area (Å²) in [5.74, 6) is -0.760. The minimum atomic E-state index is -0.431. The molecule has 1 aromatic heterocycles. The molecular formula is C13H16N2O3S2. The Balaban J connectivity index is 3.16. The Morgan fingerprint density at radius 3 is 2.65 bits per heavy atom. The molecule has 0 saturated carbocycles. The normalized spacial score (nSPS) is 10.2. The van der Waals surface area contributed by atoms with Crippen LogP contribution in [-0.2, 0) is 9.53 Å². The van der Waals surface area contributed by atoms with Gasteiger partial charge in [0, 0.05) is 5.92 Å². The number of hydrogen-bond donors (Lipinski definition) is 1. The lowest BCUT2D eigenvalue weighted by Crippen LogP contribution is -2.17. The molecule has 1 heterocycles. The van der Waals surface area contributed by atoms with E-state index in [1.807, 2.05) is 5.40 Å². The number of thiophene rings is 1. The summed E-state index contributed by atoms with van der Waals surface area (Å²) in [6, 6.07) is 0. The van der Waals surface area contributed by atoms with E-state index in [1.165, 1.54) is 0 Å². The lowest BCUT2D eigenvalue weighted by Gasteiger charge is -2.06. The summed E-state index contributed by atoms with van der Waals surface area (Å²) in [5, 5.41) is 14.1. The van der Waals surface area contributed by atoms with Crippen LogP contribution < -0.4 is 5.32 Å². The van der Waals surface area contributed by atoms with Crippen molar-refractivity contribution >= 4 is 40.0 Å². The van der Waals surface area contributed by atoms with Crippen LogP contribution in [0.2, 0.25) is 0 Å². The molecule has 0 aromatic carbocycles. The van der Waals surface area contributed by atoms with Crippen LogP contribution in [0, 0.1) is 23.5 Å². The van der Waals surface area contributed by atoms with Crippen LogP contribution in [0.1, 0.15) is 36.0 Å². The summed E-state index contributed by atoms with van der Waals surface area (Å²) in [4.78, 5) is 24.6. The first-order valence-electron chi connectivity index (χ1n) is 6.09. The van der Waals surface area contributed by atoms with Crippen LogP contribution in [0.5, 0.6) is 0 Å². The van der Waals surface area contributed by atoms with Crippen LogP contribution in [0.15, 0.2) is 4.90 Å².